The third-order valence-corrected chi connectivity index (χ3v) is 2.21. The van der Waals surface area contributed by atoms with Crippen molar-refractivity contribution in [3.05, 3.63) is 41.5 Å². The smallest absolute Gasteiger partial charge is 0.331 e. The Balaban J connectivity index is 2.79. The van der Waals surface area contributed by atoms with Crippen LogP contribution in [0.15, 0.2) is 35.9 Å². The Hall–Kier alpha value is -1.57. The number of carboxylic acids is 1. The van der Waals surface area contributed by atoms with Gasteiger partial charge in [0.2, 0.25) is 0 Å². The van der Waals surface area contributed by atoms with Crippen molar-refractivity contribution in [2.24, 2.45) is 0 Å². The maximum absolute atomic E-state index is 10.9. The van der Waals surface area contributed by atoms with E-state index in [0.717, 1.165) is 18.4 Å². The minimum Gasteiger partial charge on any atom is -0.478 e. The van der Waals surface area contributed by atoms with E-state index in [2.05, 4.69) is 6.92 Å². The van der Waals surface area contributed by atoms with Gasteiger partial charge >= 0.3 is 5.97 Å². The van der Waals surface area contributed by atoms with E-state index in [4.69, 9.17) is 5.11 Å². The Labute approximate surface area is 90.3 Å². The summed E-state index contributed by atoms with van der Waals surface area (Å²) in [6, 6.07) is 9.56. The summed E-state index contributed by atoms with van der Waals surface area (Å²) in [7, 11) is 0. The molecule has 0 atom stereocenters. The molecule has 2 heteroatoms. The summed E-state index contributed by atoms with van der Waals surface area (Å²) in [5.74, 6) is -0.813. The van der Waals surface area contributed by atoms with Gasteiger partial charge < -0.3 is 5.11 Å². The Kier molecular flexibility index (Phi) is 4.61. The van der Waals surface area contributed by atoms with Gasteiger partial charge in [0.1, 0.15) is 0 Å². The summed E-state index contributed by atoms with van der Waals surface area (Å²) in [6.45, 7) is 2.06. The van der Waals surface area contributed by atoms with Gasteiger partial charge in [0.05, 0.1) is 0 Å². The first-order valence-electron chi connectivity index (χ1n) is 5.23. The molecule has 1 aromatic carbocycles. The first-order valence-corrected chi connectivity index (χ1v) is 5.23. The van der Waals surface area contributed by atoms with Gasteiger partial charge in [0.25, 0.3) is 0 Å². The van der Waals surface area contributed by atoms with Crippen LogP contribution in [-0.2, 0) is 4.79 Å². The largest absolute Gasteiger partial charge is 0.478 e. The quantitative estimate of drug-likeness (QED) is 0.747. The summed E-state index contributed by atoms with van der Waals surface area (Å²) in [5.41, 5.74) is 1.44. The van der Waals surface area contributed by atoms with E-state index >= 15 is 0 Å². The second-order valence-electron chi connectivity index (χ2n) is 3.49. The molecule has 0 saturated heterocycles. The van der Waals surface area contributed by atoms with Gasteiger partial charge in [-0.1, -0.05) is 43.7 Å². The number of carboxylic acid groups (broad SMARTS) is 1. The molecule has 0 saturated carbocycles. The van der Waals surface area contributed by atoms with Gasteiger partial charge in [-0.15, -0.1) is 0 Å². The van der Waals surface area contributed by atoms with E-state index in [1.54, 1.807) is 6.08 Å². The van der Waals surface area contributed by atoms with E-state index in [0.29, 0.717) is 12.0 Å². The van der Waals surface area contributed by atoms with Crippen LogP contribution < -0.4 is 0 Å². The standard InChI is InChI=1S/C13H16O2/c1-2-3-9-12(13(14)15)10-11-7-5-4-6-8-11/h4-8,10H,2-3,9H2,1H3,(H,14,15). The minimum atomic E-state index is -0.813. The lowest BCUT2D eigenvalue weighted by molar-refractivity contribution is -0.132. The fourth-order valence-electron chi connectivity index (χ4n) is 1.36. The molecule has 0 spiro atoms. The molecule has 1 rings (SSSR count). The summed E-state index contributed by atoms with van der Waals surface area (Å²) in [6.07, 6.45) is 4.32. The zero-order valence-corrected chi connectivity index (χ0v) is 8.94. The van der Waals surface area contributed by atoms with Gasteiger partial charge in [0.15, 0.2) is 0 Å². The Morgan fingerprint density at radius 3 is 2.53 bits per heavy atom. The number of hydrogen-bond acceptors (Lipinski definition) is 1. The number of unbranched alkanes of at least 4 members (excludes halogenated alkanes) is 1. The van der Waals surface area contributed by atoms with Crippen molar-refractivity contribution < 1.29 is 9.90 Å². The predicted octanol–water partition coefficient (Wildman–Crippen LogP) is 3.34. The highest BCUT2D eigenvalue weighted by Gasteiger charge is 2.05. The Morgan fingerprint density at radius 2 is 2.00 bits per heavy atom. The molecule has 0 aliphatic carbocycles. The Bertz CT molecular complexity index is 339. The molecular formula is C13H16O2. The van der Waals surface area contributed by atoms with Gasteiger partial charge in [0, 0.05) is 5.57 Å². The van der Waals surface area contributed by atoms with Crippen molar-refractivity contribution in [3.63, 3.8) is 0 Å². The van der Waals surface area contributed by atoms with Gasteiger partial charge in [-0.25, -0.2) is 4.79 Å². The average Bonchev–Trinajstić information content (AvgIpc) is 2.25. The van der Waals surface area contributed by atoms with Crippen LogP contribution in [0.4, 0.5) is 0 Å². The molecule has 0 unspecified atom stereocenters. The van der Waals surface area contributed by atoms with Crippen molar-refractivity contribution >= 4 is 12.0 Å². The molecule has 1 N–H and O–H groups in total. The minimum absolute atomic E-state index is 0.489. The van der Waals surface area contributed by atoms with E-state index in [1.165, 1.54) is 0 Å². The topological polar surface area (TPSA) is 37.3 Å². The number of carbonyl (C=O) groups is 1. The highest BCUT2D eigenvalue weighted by atomic mass is 16.4. The molecule has 0 aliphatic rings. The van der Waals surface area contributed by atoms with Crippen LogP contribution in [0.3, 0.4) is 0 Å². The Morgan fingerprint density at radius 1 is 1.33 bits per heavy atom. The molecule has 2 nitrogen and oxygen atoms in total. The van der Waals surface area contributed by atoms with Crippen LogP contribution in [0.5, 0.6) is 0 Å². The summed E-state index contributed by atoms with van der Waals surface area (Å²) in [5, 5.41) is 8.99. The normalized spacial score (nSPS) is 11.4. The van der Waals surface area contributed by atoms with Crippen molar-refractivity contribution in [2.45, 2.75) is 26.2 Å². The van der Waals surface area contributed by atoms with Crippen LogP contribution in [0.1, 0.15) is 31.7 Å². The van der Waals surface area contributed by atoms with Crippen molar-refractivity contribution in [2.75, 3.05) is 0 Å². The molecule has 15 heavy (non-hydrogen) atoms. The summed E-state index contributed by atoms with van der Waals surface area (Å²) >= 11 is 0. The predicted molar refractivity (Wildman–Crippen MR) is 61.6 cm³/mol. The number of rotatable bonds is 5. The van der Waals surface area contributed by atoms with Crippen molar-refractivity contribution in [1.82, 2.24) is 0 Å². The lowest BCUT2D eigenvalue weighted by Gasteiger charge is -2.01. The van der Waals surface area contributed by atoms with Crippen LogP contribution in [-0.4, -0.2) is 11.1 Å². The number of hydrogen-bond donors (Lipinski definition) is 1. The maximum atomic E-state index is 10.9. The van der Waals surface area contributed by atoms with Crippen LogP contribution >= 0.6 is 0 Å². The first-order chi connectivity index (χ1) is 7.24. The van der Waals surface area contributed by atoms with E-state index in [-0.39, 0.29) is 0 Å². The fourth-order valence-corrected chi connectivity index (χ4v) is 1.36. The molecule has 0 aliphatic heterocycles. The maximum Gasteiger partial charge on any atom is 0.331 e. The summed E-state index contributed by atoms with van der Waals surface area (Å²) in [4.78, 5) is 10.9. The second kappa shape index (κ2) is 6.02. The SMILES string of the molecule is CCCCC(=Cc1ccccc1)C(=O)O. The highest BCUT2D eigenvalue weighted by Crippen LogP contribution is 2.12. The highest BCUT2D eigenvalue weighted by molar-refractivity contribution is 5.92. The van der Waals surface area contributed by atoms with Gasteiger partial charge in [-0.2, -0.15) is 0 Å². The fraction of sp³-hybridized carbons (Fsp3) is 0.308. The zero-order valence-electron chi connectivity index (χ0n) is 8.94. The van der Waals surface area contributed by atoms with Gasteiger partial charge in [-0.3, -0.25) is 0 Å². The van der Waals surface area contributed by atoms with Gasteiger partial charge in [-0.05, 0) is 24.5 Å². The lowest BCUT2D eigenvalue weighted by atomic mass is 10.1. The number of benzene rings is 1. The molecule has 0 heterocycles. The zero-order chi connectivity index (χ0) is 11.1. The second-order valence-corrected chi connectivity index (χ2v) is 3.49. The van der Waals surface area contributed by atoms with E-state index < -0.39 is 5.97 Å². The molecule has 0 aromatic heterocycles. The third kappa shape index (κ3) is 3.98. The summed E-state index contributed by atoms with van der Waals surface area (Å²) < 4.78 is 0. The molecule has 0 bridgehead atoms. The molecule has 0 amide bonds. The molecule has 0 radical (unpaired) electrons. The van der Waals surface area contributed by atoms with Crippen molar-refractivity contribution in [3.8, 4) is 0 Å². The van der Waals surface area contributed by atoms with Crippen LogP contribution in [0.2, 0.25) is 0 Å². The third-order valence-electron chi connectivity index (χ3n) is 2.21. The van der Waals surface area contributed by atoms with Crippen LogP contribution in [0.25, 0.3) is 6.08 Å². The van der Waals surface area contributed by atoms with E-state index in [1.807, 2.05) is 30.3 Å². The van der Waals surface area contributed by atoms with Crippen LogP contribution in [0, 0.1) is 0 Å². The number of aliphatic carboxylic acids is 1. The molecular weight excluding hydrogens is 188 g/mol. The van der Waals surface area contributed by atoms with E-state index in [9.17, 15) is 4.79 Å². The molecule has 0 fully saturated rings. The molecule has 80 valence electrons. The lowest BCUT2D eigenvalue weighted by Crippen LogP contribution is -2.00. The monoisotopic (exact) mass is 204 g/mol. The molecule has 1 aromatic rings. The first kappa shape index (κ1) is 11.5. The average molecular weight is 204 g/mol. The van der Waals surface area contributed by atoms with Crippen molar-refractivity contribution in [1.29, 1.82) is 0 Å².